The normalized spacial score (nSPS) is 9.92. The van der Waals surface area contributed by atoms with Crippen molar-refractivity contribution in [2.45, 2.75) is 0 Å². The van der Waals surface area contributed by atoms with E-state index in [0.717, 1.165) is 0 Å². The molecule has 0 spiro atoms. The van der Waals surface area contributed by atoms with Crippen molar-refractivity contribution in [3.8, 4) is 6.07 Å². The topological polar surface area (TPSA) is 80.0 Å². The average Bonchev–Trinajstić information content (AvgIpc) is 2.52. The van der Waals surface area contributed by atoms with E-state index < -0.39 is 0 Å². The molecule has 0 aliphatic heterocycles. The molecule has 2 N–H and O–H groups in total. The van der Waals surface area contributed by atoms with Gasteiger partial charge < -0.3 is 5.73 Å². The number of hydrogen-bond donors (Lipinski definition) is 1. The molecule has 0 aromatic carbocycles. The van der Waals surface area contributed by atoms with Crippen molar-refractivity contribution in [2.75, 3.05) is 5.73 Å². The van der Waals surface area contributed by atoms with Crippen molar-refractivity contribution in [2.24, 2.45) is 0 Å². The monoisotopic (exact) mass is 159 g/mol. The van der Waals surface area contributed by atoms with E-state index in [1.165, 1.54) is 10.7 Å². The van der Waals surface area contributed by atoms with E-state index in [9.17, 15) is 0 Å². The van der Waals surface area contributed by atoms with Crippen molar-refractivity contribution in [3.05, 3.63) is 24.2 Å². The van der Waals surface area contributed by atoms with E-state index in [-0.39, 0.29) is 0 Å². The lowest BCUT2D eigenvalue weighted by molar-refractivity contribution is 0.923. The molecule has 0 saturated carbocycles. The van der Waals surface area contributed by atoms with E-state index in [4.69, 9.17) is 11.0 Å². The highest BCUT2D eigenvalue weighted by atomic mass is 15.3. The van der Waals surface area contributed by atoms with Crippen LogP contribution in [0.5, 0.6) is 0 Å². The Bertz CT molecular complexity index is 464. The summed E-state index contributed by atoms with van der Waals surface area (Å²) in [5.74, 6) is 0. The summed E-state index contributed by atoms with van der Waals surface area (Å²) in [7, 11) is 0. The molecule has 2 heterocycles. The van der Waals surface area contributed by atoms with E-state index in [1.807, 2.05) is 6.07 Å². The molecular weight excluding hydrogens is 154 g/mol. The smallest absolute Gasteiger partial charge is 0.168 e. The van der Waals surface area contributed by atoms with Crippen molar-refractivity contribution in [1.29, 1.82) is 5.26 Å². The van der Waals surface area contributed by atoms with Gasteiger partial charge in [0.05, 0.1) is 18.1 Å². The van der Waals surface area contributed by atoms with Crippen LogP contribution < -0.4 is 5.73 Å². The molecule has 0 saturated heterocycles. The summed E-state index contributed by atoms with van der Waals surface area (Å²) in [6.45, 7) is 0. The lowest BCUT2D eigenvalue weighted by Gasteiger charge is -1.97. The van der Waals surface area contributed by atoms with E-state index in [0.29, 0.717) is 17.0 Å². The Morgan fingerprint density at radius 1 is 1.58 bits per heavy atom. The minimum atomic E-state index is 0.324. The van der Waals surface area contributed by atoms with Crippen LogP contribution in [0.15, 0.2) is 18.5 Å². The first-order chi connectivity index (χ1) is 5.83. The SMILES string of the molecule is N#Cc1c(N)cnc2ccnn12. The van der Waals surface area contributed by atoms with E-state index in [1.54, 1.807) is 12.3 Å². The van der Waals surface area contributed by atoms with Crippen molar-refractivity contribution in [1.82, 2.24) is 14.6 Å². The number of nitriles is 1. The Morgan fingerprint density at radius 2 is 2.42 bits per heavy atom. The zero-order chi connectivity index (χ0) is 8.55. The van der Waals surface area contributed by atoms with Gasteiger partial charge in [-0.25, -0.2) is 9.50 Å². The molecule has 0 bridgehead atoms. The van der Waals surface area contributed by atoms with Gasteiger partial charge in [-0.05, 0) is 0 Å². The number of anilines is 1. The summed E-state index contributed by atoms with van der Waals surface area (Å²) >= 11 is 0. The first-order valence-corrected chi connectivity index (χ1v) is 3.31. The number of hydrogen-bond acceptors (Lipinski definition) is 4. The molecule has 0 aliphatic rings. The molecular formula is C7H5N5. The first kappa shape index (κ1) is 6.61. The van der Waals surface area contributed by atoms with Gasteiger partial charge in [0.25, 0.3) is 0 Å². The maximum absolute atomic E-state index is 8.72. The molecule has 0 unspecified atom stereocenters. The van der Waals surface area contributed by atoms with Crippen LogP contribution in [0, 0.1) is 11.3 Å². The molecule has 2 aromatic heterocycles. The third-order valence-corrected chi connectivity index (χ3v) is 1.55. The van der Waals surface area contributed by atoms with Gasteiger partial charge in [-0.1, -0.05) is 0 Å². The highest BCUT2D eigenvalue weighted by Gasteiger charge is 2.04. The fourth-order valence-corrected chi connectivity index (χ4v) is 0.997. The molecule has 58 valence electrons. The molecule has 5 nitrogen and oxygen atoms in total. The largest absolute Gasteiger partial charge is 0.395 e. The Kier molecular flexibility index (Phi) is 1.21. The van der Waals surface area contributed by atoms with Crippen molar-refractivity contribution in [3.63, 3.8) is 0 Å². The first-order valence-electron chi connectivity index (χ1n) is 3.31. The zero-order valence-corrected chi connectivity index (χ0v) is 6.10. The molecule has 0 radical (unpaired) electrons. The summed E-state index contributed by atoms with van der Waals surface area (Å²) in [5.41, 5.74) is 6.80. The predicted octanol–water partition coefficient (Wildman–Crippen LogP) is 0.183. The van der Waals surface area contributed by atoms with Gasteiger partial charge in [-0.3, -0.25) is 0 Å². The summed E-state index contributed by atoms with van der Waals surface area (Å²) in [6, 6.07) is 3.67. The fourth-order valence-electron chi connectivity index (χ4n) is 0.997. The minimum Gasteiger partial charge on any atom is -0.395 e. The molecule has 2 rings (SSSR count). The molecule has 0 amide bonds. The van der Waals surface area contributed by atoms with Crippen LogP contribution >= 0.6 is 0 Å². The van der Waals surface area contributed by atoms with Crippen LogP contribution in [0.1, 0.15) is 5.69 Å². The quantitative estimate of drug-likeness (QED) is 0.594. The van der Waals surface area contributed by atoms with Gasteiger partial charge in [-0.15, -0.1) is 0 Å². The number of fused-ring (bicyclic) bond motifs is 1. The average molecular weight is 159 g/mol. The standard InChI is InChI=1S/C7H5N5/c8-3-6-5(9)4-10-7-1-2-11-12(6)7/h1-2,4H,9H2. The maximum Gasteiger partial charge on any atom is 0.168 e. The summed E-state index contributed by atoms with van der Waals surface area (Å²) in [5, 5.41) is 12.6. The second-order valence-electron chi connectivity index (χ2n) is 2.28. The van der Waals surface area contributed by atoms with Crippen LogP contribution in [0.2, 0.25) is 0 Å². The molecule has 0 atom stereocenters. The lowest BCUT2D eigenvalue weighted by Crippen LogP contribution is -2.01. The van der Waals surface area contributed by atoms with Gasteiger partial charge in [0, 0.05) is 6.07 Å². The second kappa shape index (κ2) is 2.20. The van der Waals surface area contributed by atoms with Gasteiger partial charge in [-0.2, -0.15) is 10.4 Å². The number of nitrogens with two attached hydrogens (primary N) is 1. The van der Waals surface area contributed by atoms with Crippen molar-refractivity contribution >= 4 is 11.3 Å². The zero-order valence-electron chi connectivity index (χ0n) is 6.10. The molecule has 2 aromatic rings. The van der Waals surface area contributed by atoms with E-state index in [2.05, 4.69) is 10.1 Å². The van der Waals surface area contributed by atoms with Crippen LogP contribution in [0.4, 0.5) is 5.69 Å². The summed E-state index contributed by atoms with van der Waals surface area (Å²) < 4.78 is 1.41. The van der Waals surface area contributed by atoms with Crippen LogP contribution in [0.25, 0.3) is 5.65 Å². The number of nitrogens with zero attached hydrogens (tertiary/aromatic N) is 4. The Morgan fingerprint density at radius 3 is 3.17 bits per heavy atom. The lowest BCUT2D eigenvalue weighted by atomic mass is 10.4. The highest BCUT2D eigenvalue weighted by Crippen LogP contribution is 2.09. The third kappa shape index (κ3) is 0.720. The van der Waals surface area contributed by atoms with Crippen LogP contribution in [-0.4, -0.2) is 14.6 Å². The summed E-state index contributed by atoms with van der Waals surface area (Å²) in [4.78, 5) is 3.97. The Hall–Kier alpha value is -2.09. The maximum atomic E-state index is 8.72. The molecule has 0 aliphatic carbocycles. The highest BCUT2D eigenvalue weighted by molar-refractivity contribution is 5.53. The number of aromatic nitrogens is 3. The fraction of sp³-hybridized carbons (Fsp3) is 0. The van der Waals surface area contributed by atoms with Gasteiger partial charge in [0.2, 0.25) is 0 Å². The summed E-state index contributed by atoms with van der Waals surface area (Å²) in [6.07, 6.45) is 3.03. The van der Waals surface area contributed by atoms with E-state index >= 15 is 0 Å². The van der Waals surface area contributed by atoms with Gasteiger partial charge >= 0.3 is 0 Å². The number of rotatable bonds is 0. The Balaban J connectivity index is 2.94. The molecule has 0 fully saturated rings. The van der Waals surface area contributed by atoms with Crippen LogP contribution in [-0.2, 0) is 0 Å². The minimum absolute atomic E-state index is 0.324. The van der Waals surface area contributed by atoms with Gasteiger partial charge in [0.15, 0.2) is 11.3 Å². The molecule has 5 heteroatoms. The van der Waals surface area contributed by atoms with Gasteiger partial charge in [0.1, 0.15) is 6.07 Å². The predicted molar refractivity (Wildman–Crippen MR) is 42.1 cm³/mol. The van der Waals surface area contributed by atoms with Crippen LogP contribution in [0.3, 0.4) is 0 Å². The Labute approximate surface area is 68.1 Å². The number of nitrogen functional groups attached to an aromatic ring is 1. The second-order valence-corrected chi connectivity index (χ2v) is 2.28. The van der Waals surface area contributed by atoms with Crippen molar-refractivity contribution < 1.29 is 0 Å². The molecule has 12 heavy (non-hydrogen) atoms. The third-order valence-electron chi connectivity index (χ3n) is 1.55.